The molecule has 0 heterocycles. The van der Waals surface area contributed by atoms with Crippen LogP contribution in [0.5, 0.6) is 0 Å². The van der Waals surface area contributed by atoms with Gasteiger partial charge in [0.15, 0.2) is 11.1 Å². The molecule has 66 valence electrons. The van der Waals surface area contributed by atoms with Crippen molar-refractivity contribution < 1.29 is 8.39 Å². The quantitative estimate of drug-likeness (QED) is 0.642. The number of rotatable bonds is 2. The van der Waals surface area contributed by atoms with Gasteiger partial charge in [-0.05, 0) is 31.6 Å². The fraction of sp³-hybridized carbons (Fsp3) is 1.00. The lowest BCUT2D eigenvalue weighted by molar-refractivity contribution is 0.365. The predicted molar refractivity (Wildman–Crippen MR) is 46.6 cm³/mol. The molecule has 0 N–H and O–H groups in total. The van der Waals surface area contributed by atoms with E-state index in [2.05, 4.69) is 6.92 Å². The number of hydrogen-bond donors (Lipinski definition) is 0. The van der Waals surface area contributed by atoms with E-state index in [4.69, 9.17) is 4.18 Å². The Balaban J connectivity index is 2.33. The number of hydrogen-bond acceptors (Lipinski definition) is 2. The molecule has 0 bridgehead atoms. The zero-order chi connectivity index (χ0) is 8.27. The van der Waals surface area contributed by atoms with E-state index in [1.165, 1.54) is 20.0 Å². The van der Waals surface area contributed by atoms with Gasteiger partial charge in [-0.3, -0.25) is 4.18 Å². The highest BCUT2D eigenvalue weighted by Crippen LogP contribution is 2.26. The van der Waals surface area contributed by atoms with Crippen LogP contribution in [0.1, 0.15) is 32.6 Å². The van der Waals surface area contributed by atoms with Gasteiger partial charge in [-0.25, -0.2) is 4.21 Å². The summed E-state index contributed by atoms with van der Waals surface area (Å²) in [6, 6.07) is 0. The van der Waals surface area contributed by atoms with Gasteiger partial charge in [-0.2, -0.15) is 0 Å². The van der Waals surface area contributed by atoms with Crippen LogP contribution >= 0.6 is 0 Å². The average molecular weight is 176 g/mol. The molecule has 0 aromatic rings. The van der Waals surface area contributed by atoms with Crippen molar-refractivity contribution in [1.29, 1.82) is 0 Å². The fourth-order valence-electron chi connectivity index (χ4n) is 1.56. The molecule has 0 aromatic carbocycles. The highest BCUT2D eigenvalue weighted by molar-refractivity contribution is 7.80. The maximum Gasteiger partial charge on any atom is 0.158 e. The highest BCUT2D eigenvalue weighted by Gasteiger charge is 2.22. The van der Waals surface area contributed by atoms with Gasteiger partial charge in [0, 0.05) is 0 Å². The molecule has 0 aliphatic heterocycles. The van der Waals surface area contributed by atoms with Crippen molar-refractivity contribution in [2.24, 2.45) is 5.92 Å². The molecule has 1 aliphatic carbocycles. The molecule has 11 heavy (non-hydrogen) atoms. The minimum absolute atomic E-state index is 0.302. The molecule has 0 aromatic heterocycles. The van der Waals surface area contributed by atoms with Crippen molar-refractivity contribution >= 4 is 11.1 Å². The minimum Gasteiger partial charge on any atom is -0.294 e. The molecule has 0 radical (unpaired) electrons. The molecule has 1 rings (SSSR count). The highest BCUT2D eigenvalue weighted by atomic mass is 32.2. The van der Waals surface area contributed by atoms with Crippen LogP contribution in [0.3, 0.4) is 0 Å². The summed E-state index contributed by atoms with van der Waals surface area (Å²) in [5, 5.41) is 0.302. The first-order valence-electron chi connectivity index (χ1n) is 4.19. The van der Waals surface area contributed by atoms with Gasteiger partial charge in [-0.15, -0.1) is 0 Å². The first kappa shape index (κ1) is 9.20. The first-order valence-corrected chi connectivity index (χ1v) is 5.33. The molecular weight excluding hydrogens is 160 g/mol. The van der Waals surface area contributed by atoms with E-state index in [0.717, 1.165) is 18.8 Å². The predicted octanol–water partition coefficient (Wildman–Crippen LogP) is 1.88. The van der Waals surface area contributed by atoms with Crippen LogP contribution in [0, 0.1) is 5.92 Å². The zero-order valence-corrected chi connectivity index (χ0v) is 8.02. The van der Waals surface area contributed by atoms with Crippen LogP contribution in [-0.2, 0) is 15.3 Å². The van der Waals surface area contributed by atoms with E-state index < -0.39 is 11.1 Å². The second-order valence-corrected chi connectivity index (χ2v) is 4.83. The van der Waals surface area contributed by atoms with E-state index in [0.29, 0.717) is 5.25 Å². The molecule has 3 heteroatoms. The summed E-state index contributed by atoms with van der Waals surface area (Å²) in [5.41, 5.74) is 0. The van der Waals surface area contributed by atoms with Gasteiger partial charge < -0.3 is 0 Å². The van der Waals surface area contributed by atoms with Gasteiger partial charge in [0.2, 0.25) is 0 Å². The summed E-state index contributed by atoms with van der Waals surface area (Å²) in [6.45, 7) is 2.26. The Morgan fingerprint density at radius 2 is 1.82 bits per heavy atom. The summed E-state index contributed by atoms with van der Waals surface area (Å²) in [6.07, 6.45) is 4.56. The normalized spacial score (nSPS) is 35.1. The SMILES string of the molecule is COS(=O)C1CCC(C)CC1. The van der Waals surface area contributed by atoms with E-state index in [9.17, 15) is 4.21 Å². The molecule has 1 aliphatic rings. The minimum atomic E-state index is -1.03. The third kappa shape index (κ3) is 2.56. The van der Waals surface area contributed by atoms with E-state index in [-0.39, 0.29) is 0 Å². The zero-order valence-electron chi connectivity index (χ0n) is 7.21. The van der Waals surface area contributed by atoms with E-state index in [1.54, 1.807) is 0 Å². The smallest absolute Gasteiger partial charge is 0.158 e. The van der Waals surface area contributed by atoms with Crippen molar-refractivity contribution in [3.63, 3.8) is 0 Å². The fourth-order valence-corrected chi connectivity index (χ4v) is 2.49. The Morgan fingerprint density at radius 1 is 1.27 bits per heavy atom. The molecular formula is C8H16O2S. The molecule has 1 unspecified atom stereocenters. The Hall–Kier alpha value is 0.110. The van der Waals surface area contributed by atoms with Gasteiger partial charge in [0.25, 0.3) is 0 Å². The van der Waals surface area contributed by atoms with Gasteiger partial charge in [0.05, 0.1) is 12.4 Å². The van der Waals surface area contributed by atoms with Crippen molar-refractivity contribution in [1.82, 2.24) is 0 Å². The standard InChI is InChI=1S/C8H16O2S/c1-7-3-5-8(6-4-7)11(9)10-2/h7-8H,3-6H2,1-2H3. The lowest BCUT2D eigenvalue weighted by Crippen LogP contribution is -2.22. The Kier molecular flexibility index (Phi) is 3.52. The van der Waals surface area contributed by atoms with Crippen LogP contribution in [-0.4, -0.2) is 16.6 Å². The third-order valence-corrected chi connectivity index (χ3v) is 3.74. The monoisotopic (exact) mass is 176 g/mol. The topological polar surface area (TPSA) is 26.3 Å². The molecule has 0 saturated heterocycles. The van der Waals surface area contributed by atoms with Crippen LogP contribution < -0.4 is 0 Å². The molecule has 2 nitrogen and oxygen atoms in total. The van der Waals surface area contributed by atoms with Gasteiger partial charge in [-0.1, -0.05) is 6.92 Å². The first-order chi connectivity index (χ1) is 5.24. The molecule has 1 atom stereocenters. The Bertz CT molecular complexity index is 139. The lowest BCUT2D eigenvalue weighted by atomic mass is 9.91. The van der Waals surface area contributed by atoms with Crippen molar-refractivity contribution in [3.05, 3.63) is 0 Å². The Morgan fingerprint density at radius 3 is 2.27 bits per heavy atom. The van der Waals surface area contributed by atoms with Crippen molar-refractivity contribution in [2.45, 2.75) is 37.9 Å². The van der Waals surface area contributed by atoms with Gasteiger partial charge in [0.1, 0.15) is 0 Å². The van der Waals surface area contributed by atoms with Crippen LogP contribution in [0.4, 0.5) is 0 Å². The van der Waals surface area contributed by atoms with Crippen LogP contribution in [0.25, 0.3) is 0 Å². The van der Waals surface area contributed by atoms with E-state index in [1.807, 2.05) is 0 Å². The lowest BCUT2D eigenvalue weighted by Gasteiger charge is -2.24. The second-order valence-electron chi connectivity index (χ2n) is 3.31. The summed E-state index contributed by atoms with van der Waals surface area (Å²) in [5.74, 6) is 0.820. The maximum absolute atomic E-state index is 11.2. The summed E-state index contributed by atoms with van der Waals surface area (Å²) in [7, 11) is 1.52. The van der Waals surface area contributed by atoms with E-state index >= 15 is 0 Å². The molecule has 1 fully saturated rings. The van der Waals surface area contributed by atoms with Crippen molar-refractivity contribution in [2.75, 3.05) is 7.11 Å². The Labute approximate surface area is 71.0 Å². The molecule has 0 amide bonds. The average Bonchev–Trinajstić information content (AvgIpc) is 2.05. The molecule has 0 spiro atoms. The van der Waals surface area contributed by atoms with Crippen molar-refractivity contribution in [3.8, 4) is 0 Å². The summed E-state index contributed by atoms with van der Waals surface area (Å²) in [4.78, 5) is 0. The van der Waals surface area contributed by atoms with Gasteiger partial charge >= 0.3 is 0 Å². The molecule has 1 saturated carbocycles. The maximum atomic E-state index is 11.2. The largest absolute Gasteiger partial charge is 0.294 e. The summed E-state index contributed by atoms with van der Waals surface area (Å²) >= 11 is -1.03. The van der Waals surface area contributed by atoms with Crippen LogP contribution in [0.15, 0.2) is 0 Å². The second kappa shape index (κ2) is 4.21. The summed E-state index contributed by atoms with van der Waals surface area (Å²) < 4.78 is 16.0. The third-order valence-electron chi connectivity index (χ3n) is 2.40. The van der Waals surface area contributed by atoms with Crippen LogP contribution in [0.2, 0.25) is 0 Å².